The first-order valence-corrected chi connectivity index (χ1v) is 14.2. The third-order valence-corrected chi connectivity index (χ3v) is 9.12. The number of thiazole rings is 1. The summed E-state index contributed by atoms with van der Waals surface area (Å²) in [6, 6.07) is 12.2. The normalized spacial score (nSPS) is 12.1. The summed E-state index contributed by atoms with van der Waals surface area (Å²) in [6.45, 7) is 7.20. The Balaban J connectivity index is 1.98. The third-order valence-electron chi connectivity index (χ3n) is 5.48. The molecule has 178 valence electrons. The molecule has 33 heavy (non-hydrogen) atoms. The van der Waals surface area contributed by atoms with Crippen LogP contribution < -0.4 is 4.90 Å². The van der Waals surface area contributed by atoms with Crippen molar-refractivity contribution in [1.82, 2.24) is 14.2 Å². The zero-order valence-electron chi connectivity index (χ0n) is 19.6. The highest BCUT2D eigenvalue weighted by molar-refractivity contribution is 7.98. The Hall–Kier alpha value is -1.98. The van der Waals surface area contributed by atoms with E-state index in [0.717, 1.165) is 39.1 Å². The van der Waals surface area contributed by atoms with Crippen molar-refractivity contribution in [1.29, 1.82) is 0 Å². The van der Waals surface area contributed by atoms with Gasteiger partial charge in [0.25, 0.3) is 5.91 Å². The smallest absolute Gasteiger partial charge is 0.260 e. The van der Waals surface area contributed by atoms with E-state index in [0.29, 0.717) is 17.2 Å². The number of carbonyl (C=O) groups excluding carboxylic acids is 1. The molecule has 2 aromatic carbocycles. The number of anilines is 1. The van der Waals surface area contributed by atoms with Gasteiger partial charge in [0.05, 0.1) is 15.1 Å². The lowest BCUT2D eigenvalue weighted by atomic mass is 10.2. The average molecular weight is 507 g/mol. The van der Waals surface area contributed by atoms with Crippen molar-refractivity contribution in [3.8, 4) is 0 Å². The number of hydrogen-bond acceptors (Lipinski definition) is 7. The van der Waals surface area contributed by atoms with Crippen LogP contribution in [0.3, 0.4) is 0 Å². The minimum atomic E-state index is -3.56. The van der Waals surface area contributed by atoms with Crippen LogP contribution in [-0.4, -0.2) is 75.0 Å². The quantitative estimate of drug-likeness (QED) is 0.383. The largest absolute Gasteiger partial charge is 0.302 e. The average Bonchev–Trinajstić information content (AvgIpc) is 3.25. The van der Waals surface area contributed by atoms with Crippen LogP contribution in [0.15, 0.2) is 52.3 Å². The van der Waals surface area contributed by atoms with Gasteiger partial charge in [-0.25, -0.2) is 17.7 Å². The number of carbonyl (C=O) groups is 1. The second-order valence-corrected chi connectivity index (χ2v) is 11.6. The molecule has 1 aromatic heterocycles. The summed E-state index contributed by atoms with van der Waals surface area (Å²) < 4.78 is 27.0. The molecule has 3 aromatic rings. The standard InChI is InChI=1S/C23H30N4O3S3/c1-6-26(7-2)15-16-27(23-24-21-19(31-5)9-8-10-20(21)32-23)22(28)17-11-13-18(14-12-17)33(29,30)25(3)4/h8-14H,6-7,15-16H2,1-5H3. The first-order valence-electron chi connectivity index (χ1n) is 10.7. The molecule has 0 atom stereocenters. The molecule has 0 N–H and O–H groups in total. The van der Waals surface area contributed by atoms with E-state index >= 15 is 0 Å². The number of thioether (sulfide) groups is 1. The van der Waals surface area contributed by atoms with Gasteiger partial charge in [-0.3, -0.25) is 9.69 Å². The van der Waals surface area contributed by atoms with Gasteiger partial charge in [0, 0.05) is 37.6 Å². The Morgan fingerprint density at radius 1 is 1.03 bits per heavy atom. The highest BCUT2D eigenvalue weighted by atomic mass is 32.2. The predicted octanol–water partition coefficient (Wildman–Crippen LogP) is 4.26. The molecule has 0 saturated carbocycles. The van der Waals surface area contributed by atoms with Gasteiger partial charge in [-0.1, -0.05) is 31.3 Å². The van der Waals surface area contributed by atoms with Crippen LogP contribution in [-0.2, 0) is 10.0 Å². The van der Waals surface area contributed by atoms with Gasteiger partial charge < -0.3 is 4.90 Å². The molecule has 0 unspecified atom stereocenters. The second-order valence-electron chi connectivity index (χ2n) is 7.60. The van der Waals surface area contributed by atoms with E-state index in [9.17, 15) is 13.2 Å². The number of nitrogens with zero attached hydrogens (tertiary/aromatic N) is 4. The van der Waals surface area contributed by atoms with Crippen LogP contribution in [0.25, 0.3) is 10.2 Å². The highest BCUT2D eigenvalue weighted by Gasteiger charge is 2.24. The Labute approximate surface area is 204 Å². The molecule has 0 spiro atoms. The summed E-state index contributed by atoms with van der Waals surface area (Å²) in [4.78, 5) is 23.6. The van der Waals surface area contributed by atoms with E-state index in [1.807, 2.05) is 24.5 Å². The van der Waals surface area contributed by atoms with E-state index in [4.69, 9.17) is 4.98 Å². The van der Waals surface area contributed by atoms with Crippen LogP contribution >= 0.6 is 23.1 Å². The minimum Gasteiger partial charge on any atom is -0.302 e. The van der Waals surface area contributed by atoms with E-state index in [2.05, 4.69) is 18.7 Å². The Kier molecular flexibility index (Phi) is 8.52. The first-order chi connectivity index (χ1) is 15.7. The van der Waals surface area contributed by atoms with Crippen molar-refractivity contribution < 1.29 is 13.2 Å². The lowest BCUT2D eigenvalue weighted by Crippen LogP contribution is -2.38. The Morgan fingerprint density at radius 3 is 2.27 bits per heavy atom. The van der Waals surface area contributed by atoms with Gasteiger partial charge in [0.1, 0.15) is 0 Å². The summed E-state index contributed by atoms with van der Waals surface area (Å²) in [6.07, 6.45) is 2.01. The molecular formula is C23H30N4O3S3. The maximum absolute atomic E-state index is 13.6. The van der Waals surface area contributed by atoms with Gasteiger partial charge in [-0.15, -0.1) is 11.8 Å². The van der Waals surface area contributed by atoms with Crippen molar-refractivity contribution >= 4 is 54.4 Å². The van der Waals surface area contributed by atoms with Crippen LogP contribution in [0.4, 0.5) is 5.13 Å². The lowest BCUT2D eigenvalue weighted by molar-refractivity contribution is 0.0983. The van der Waals surface area contributed by atoms with Crippen LogP contribution in [0, 0.1) is 0 Å². The fraction of sp³-hybridized carbons (Fsp3) is 0.391. The number of amides is 1. The van der Waals surface area contributed by atoms with E-state index in [1.54, 1.807) is 28.8 Å². The summed E-state index contributed by atoms with van der Waals surface area (Å²) >= 11 is 3.13. The molecule has 0 fully saturated rings. The summed E-state index contributed by atoms with van der Waals surface area (Å²) in [5, 5.41) is 0.647. The number of likely N-dealkylation sites (N-methyl/N-ethyl adjacent to an activating group) is 1. The second kappa shape index (κ2) is 11.0. The van der Waals surface area contributed by atoms with Crippen LogP contribution in [0.2, 0.25) is 0 Å². The van der Waals surface area contributed by atoms with Gasteiger partial charge in [-0.05, 0) is 55.7 Å². The SMILES string of the molecule is CCN(CC)CCN(C(=O)c1ccc(S(=O)(=O)N(C)C)cc1)c1nc2c(SC)cccc2s1. The third kappa shape index (κ3) is 5.58. The van der Waals surface area contributed by atoms with Gasteiger partial charge in [-0.2, -0.15) is 0 Å². The van der Waals surface area contributed by atoms with Gasteiger partial charge in [0.15, 0.2) is 5.13 Å². The zero-order chi connectivity index (χ0) is 24.2. The molecule has 0 saturated heterocycles. The molecule has 0 aliphatic heterocycles. The molecule has 0 aliphatic rings. The number of fused-ring (bicyclic) bond motifs is 1. The number of hydrogen-bond donors (Lipinski definition) is 0. The highest BCUT2D eigenvalue weighted by Crippen LogP contribution is 2.34. The van der Waals surface area contributed by atoms with Crippen LogP contribution in [0.5, 0.6) is 0 Å². The molecule has 0 aliphatic carbocycles. The van der Waals surface area contributed by atoms with Gasteiger partial charge in [0.2, 0.25) is 10.0 Å². The lowest BCUT2D eigenvalue weighted by Gasteiger charge is -2.25. The van der Waals surface area contributed by atoms with E-state index < -0.39 is 10.0 Å². The van der Waals surface area contributed by atoms with E-state index in [1.165, 1.54) is 37.6 Å². The van der Waals surface area contributed by atoms with Crippen molar-refractivity contribution in [3.05, 3.63) is 48.0 Å². The Morgan fingerprint density at radius 2 is 1.70 bits per heavy atom. The van der Waals surface area contributed by atoms with Gasteiger partial charge >= 0.3 is 0 Å². The molecular weight excluding hydrogens is 476 g/mol. The summed E-state index contributed by atoms with van der Waals surface area (Å²) in [5.41, 5.74) is 1.33. The number of sulfonamides is 1. The predicted molar refractivity (Wildman–Crippen MR) is 138 cm³/mol. The van der Waals surface area contributed by atoms with Crippen molar-refractivity contribution in [2.75, 3.05) is 51.4 Å². The molecule has 0 bridgehead atoms. The van der Waals surface area contributed by atoms with Crippen molar-refractivity contribution in [2.24, 2.45) is 0 Å². The maximum atomic E-state index is 13.6. The fourth-order valence-electron chi connectivity index (χ4n) is 3.39. The molecule has 1 amide bonds. The number of benzene rings is 2. The summed E-state index contributed by atoms with van der Waals surface area (Å²) in [5.74, 6) is -0.194. The van der Waals surface area contributed by atoms with Crippen LogP contribution in [0.1, 0.15) is 24.2 Å². The Bertz CT molecular complexity index is 1200. The molecule has 7 nitrogen and oxygen atoms in total. The number of para-hydroxylation sites is 1. The number of rotatable bonds is 10. The molecule has 3 rings (SSSR count). The van der Waals surface area contributed by atoms with Crippen molar-refractivity contribution in [2.45, 2.75) is 23.6 Å². The number of aromatic nitrogens is 1. The first kappa shape index (κ1) is 25.6. The maximum Gasteiger partial charge on any atom is 0.260 e. The molecule has 10 heteroatoms. The monoisotopic (exact) mass is 506 g/mol. The van der Waals surface area contributed by atoms with E-state index in [-0.39, 0.29) is 10.8 Å². The van der Waals surface area contributed by atoms with Crippen molar-refractivity contribution in [3.63, 3.8) is 0 Å². The topological polar surface area (TPSA) is 73.8 Å². The minimum absolute atomic E-state index is 0.156. The fourth-order valence-corrected chi connectivity index (χ4v) is 5.94. The molecule has 1 heterocycles. The zero-order valence-corrected chi connectivity index (χ0v) is 22.1. The molecule has 0 radical (unpaired) electrons. The summed E-state index contributed by atoms with van der Waals surface area (Å²) in [7, 11) is -0.585.